The summed E-state index contributed by atoms with van der Waals surface area (Å²) >= 11 is 0. The number of rotatable bonds is 3. The lowest BCUT2D eigenvalue weighted by atomic mass is 9.93. The molecule has 0 radical (unpaired) electrons. The van der Waals surface area contributed by atoms with Gasteiger partial charge in [0.05, 0.1) is 24.3 Å². The minimum atomic E-state index is -0.876. The molecule has 0 spiro atoms. The van der Waals surface area contributed by atoms with Gasteiger partial charge in [0.2, 0.25) is 0 Å². The first-order chi connectivity index (χ1) is 7.59. The standard InChI is InChI=1S/C10H12N4O2/c1-6(2)8(9(15)16)7-5-14-10(13-7)11-3-4-12-14/h3-6,8H,1-2H3,(H,15,16). The normalized spacial score (nSPS) is 13.2. The summed E-state index contributed by atoms with van der Waals surface area (Å²) in [4.78, 5) is 19.3. The molecule has 0 saturated heterocycles. The van der Waals surface area contributed by atoms with Crippen molar-refractivity contribution in [2.45, 2.75) is 19.8 Å². The van der Waals surface area contributed by atoms with Crippen LogP contribution in [0.15, 0.2) is 18.6 Å². The van der Waals surface area contributed by atoms with Gasteiger partial charge in [-0.05, 0) is 5.92 Å². The van der Waals surface area contributed by atoms with Gasteiger partial charge in [0.1, 0.15) is 5.92 Å². The van der Waals surface area contributed by atoms with Gasteiger partial charge in [-0.25, -0.2) is 14.5 Å². The first kappa shape index (κ1) is 10.5. The van der Waals surface area contributed by atoms with Crippen LogP contribution in [0.5, 0.6) is 0 Å². The molecule has 1 N–H and O–H groups in total. The number of carboxylic acid groups (broad SMARTS) is 1. The van der Waals surface area contributed by atoms with Crippen molar-refractivity contribution in [3.63, 3.8) is 0 Å². The molecule has 2 aromatic rings. The quantitative estimate of drug-likeness (QED) is 0.832. The first-order valence-electron chi connectivity index (χ1n) is 4.98. The predicted octanol–water partition coefficient (Wildman–Crippen LogP) is 0.948. The smallest absolute Gasteiger partial charge is 0.312 e. The molecular weight excluding hydrogens is 208 g/mol. The highest BCUT2D eigenvalue weighted by molar-refractivity contribution is 5.75. The van der Waals surface area contributed by atoms with Crippen LogP contribution in [0, 0.1) is 5.92 Å². The van der Waals surface area contributed by atoms with Crippen LogP contribution in [0.25, 0.3) is 5.78 Å². The van der Waals surface area contributed by atoms with Crippen molar-refractivity contribution < 1.29 is 9.90 Å². The molecule has 2 aromatic heterocycles. The van der Waals surface area contributed by atoms with Gasteiger partial charge in [-0.15, -0.1) is 0 Å². The third-order valence-electron chi connectivity index (χ3n) is 2.39. The third-order valence-corrected chi connectivity index (χ3v) is 2.39. The molecule has 0 amide bonds. The average molecular weight is 220 g/mol. The zero-order chi connectivity index (χ0) is 11.7. The Labute approximate surface area is 92.0 Å². The molecule has 0 aliphatic rings. The second-order valence-corrected chi connectivity index (χ2v) is 3.91. The van der Waals surface area contributed by atoms with E-state index in [0.29, 0.717) is 11.5 Å². The van der Waals surface area contributed by atoms with E-state index in [1.165, 1.54) is 16.9 Å². The van der Waals surface area contributed by atoms with E-state index in [4.69, 9.17) is 5.11 Å². The molecule has 0 saturated carbocycles. The average Bonchev–Trinajstić information content (AvgIpc) is 2.58. The SMILES string of the molecule is CC(C)C(C(=O)O)c1cn2nccnc2n1. The molecule has 6 heteroatoms. The van der Waals surface area contributed by atoms with Gasteiger partial charge < -0.3 is 5.11 Å². The summed E-state index contributed by atoms with van der Waals surface area (Å²) in [5, 5.41) is 13.1. The van der Waals surface area contributed by atoms with Gasteiger partial charge in [-0.1, -0.05) is 13.8 Å². The van der Waals surface area contributed by atoms with Crippen LogP contribution >= 0.6 is 0 Å². The van der Waals surface area contributed by atoms with Crippen LogP contribution in [0.4, 0.5) is 0 Å². The molecule has 16 heavy (non-hydrogen) atoms. The van der Waals surface area contributed by atoms with Crippen LogP contribution in [-0.2, 0) is 4.79 Å². The largest absolute Gasteiger partial charge is 0.481 e. The molecule has 0 aliphatic carbocycles. The van der Waals surface area contributed by atoms with Crippen molar-refractivity contribution in [3.8, 4) is 0 Å². The Morgan fingerprint density at radius 2 is 2.19 bits per heavy atom. The van der Waals surface area contributed by atoms with E-state index in [1.54, 1.807) is 6.20 Å². The number of imidazole rings is 1. The van der Waals surface area contributed by atoms with E-state index < -0.39 is 11.9 Å². The summed E-state index contributed by atoms with van der Waals surface area (Å²) in [6, 6.07) is 0. The Hall–Kier alpha value is -1.98. The second-order valence-electron chi connectivity index (χ2n) is 3.91. The number of aromatic nitrogens is 4. The highest BCUT2D eigenvalue weighted by Crippen LogP contribution is 2.23. The number of aliphatic carboxylic acids is 1. The maximum atomic E-state index is 11.1. The molecule has 1 atom stereocenters. The molecule has 6 nitrogen and oxygen atoms in total. The lowest BCUT2D eigenvalue weighted by Crippen LogP contribution is -2.17. The molecule has 84 valence electrons. The van der Waals surface area contributed by atoms with Gasteiger partial charge in [0, 0.05) is 0 Å². The maximum Gasteiger partial charge on any atom is 0.312 e. The minimum Gasteiger partial charge on any atom is -0.481 e. The lowest BCUT2D eigenvalue weighted by Gasteiger charge is -2.12. The number of nitrogens with zero attached hydrogens (tertiary/aromatic N) is 4. The van der Waals surface area contributed by atoms with Gasteiger partial charge in [-0.2, -0.15) is 5.10 Å². The Morgan fingerprint density at radius 1 is 1.44 bits per heavy atom. The van der Waals surface area contributed by atoms with Crippen LogP contribution < -0.4 is 0 Å². The van der Waals surface area contributed by atoms with Crippen LogP contribution in [0.1, 0.15) is 25.5 Å². The molecule has 0 aliphatic heterocycles. The third kappa shape index (κ3) is 1.73. The summed E-state index contributed by atoms with van der Waals surface area (Å²) in [6.07, 6.45) is 4.67. The van der Waals surface area contributed by atoms with Crippen molar-refractivity contribution in [1.29, 1.82) is 0 Å². The number of hydrogen-bond donors (Lipinski definition) is 1. The van der Waals surface area contributed by atoms with Gasteiger partial charge in [0.25, 0.3) is 5.78 Å². The van der Waals surface area contributed by atoms with Crippen molar-refractivity contribution in [3.05, 3.63) is 24.3 Å². The number of fused-ring (bicyclic) bond motifs is 1. The summed E-state index contributed by atoms with van der Waals surface area (Å²) < 4.78 is 1.48. The van der Waals surface area contributed by atoms with Crippen LogP contribution in [-0.4, -0.2) is 30.7 Å². The van der Waals surface area contributed by atoms with Gasteiger partial charge >= 0.3 is 5.97 Å². The Morgan fingerprint density at radius 3 is 2.75 bits per heavy atom. The molecule has 1 unspecified atom stereocenters. The highest BCUT2D eigenvalue weighted by Gasteiger charge is 2.26. The van der Waals surface area contributed by atoms with Crippen LogP contribution in [0.3, 0.4) is 0 Å². The Kier molecular flexibility index (Phi) is 2.55. The lowest BCUT2D eigenvalue weighted by molar-refractivity contribution is -0.139. The van der Waals surface area contributed by atoms with Crippen molar-refractivity contribution in [1.82, 2.24) is 19.6 Å². The number of carbonyl (C=O) groups is 1. The zero-order valence-electron chi connectivity index (χ0n) is 9.03. The molecule has 0 bridgehead atoms. The molecule has 0 fully saturated rings. The van der Waals surface area contributed by atoms with Gasteiger partial charge in [0.15, 0.2) is 0 Å². The Balaban J connectivity index is 2.49. The van der Waals surface area contributed by atoms with Crippen molar-refractivity contribution in [2.24, 2.45) is 5.92 Å². The summed E-state index contributed by atoms with van der Waals surface area (Å²) in [7, 11) is 0. The zero-order valence-corrected chi connectivity index (χ0v) is 9.03. The number of hydrogen-bond acceptors (Lipinski definition) is 4. The minimum absolute atomic E-state index is 0.0255. The topological polar surface area (TPSA) is 80.4 Å². The molecular formula is C10H12N4O2. The summed E-state index contributed by atoms with van der Waals surface area (Å²) in [5.74, 6) is -1.10. The summed E-state index contributed by atoms with van der Waals surface area (Å²) in [6.45, 7) is 3.70. The van der Waals surface area contributed by atoms with E-state index in [1.807, 2.05) is 13.8 Å². The predicted molar refractivity (Wildman–Crippen MR) is 56.0 cm³/mol. The molecule has 2 rings (SSSR count). The van der Waals surface area contributed by atoms with E-state index in [0.717, 1.165) is 0 Å². The number of carboxylic acids is 1. The maximum absolute atomic E-state index is 11.1. The summed E-state index contributed by atoms with van der Waals surface area (Å²) in [5.41, 5.74) is 0.494. The fourth-order valence-corrected chi connectivity index (χ4v) is 1.66. The van der Waals surface area contributed by atoms with Crippen molar-refractivity contribution in [2.75, 3.05) is 0 Å². The highest BCUT2D eigenvalue weighted by atomic mass is 16.4. The molecule has 2 heterocycles. The van der Waals surface area contributed by atoms with Gasteiger partial charge in [-0.3, -0.25) is 4.79 Å². The van der Waals surface area contributed by atoms with E-state index in [-0.39, 0.29) is 5.92 Å². The van der Waals surface area contributed by atoms with Crippen molar-refractivity contribution >= 4 is 11.7 Å². The van der Waals surface area contributed by atoms with E-state index in [9.17, 15) is 4.79 Å². The first-order valence-corrected chi connectivity index (χ1v) is 4.98. The fourth-order valence-electron chi connectivity index (χ4n) is 1.66. The second kappa shape index (κ2) is 3.88. The molecule has 0 aromatic carbocycles. The monoisotopic (exact) mass is 220 g/mol. The van der Waals surface area contributed by atoms with E-state index >= 15 is 0 Å². The van der Waals surface area contributed by atoms with E-state index in [2.05, 4.69) is 15.1 Å². The fraction of sp³-hybridized carbons (Fsp3) is 0.400. The Bertz CT molecular complexity index is 487. The van der Waals surface area contributed by atoms with Crippen LogP contribution in [0.2, 0.25) is 0 Å².